The molecule has 0 N–H and O–H groups in total. The second-order valence-electron chi connectivity index (χ2n) is 6.41. The highest BCUT2D eigenvalue weighted by Gasteiger charge is 2.23. The second-order valence-corrected chi connectivity index (χ2v) is 6.41. The normalized spacial score (nSPS) is 19.6. The van der Waals surface area contributed by atoms with Crippen molar-refractivity contribution in [2.24, 2.45) is 5.92 Å². The third-order valence-corrected chi connectivity index (χ3v) is 4.57. The predicted octanol–water partition coefficient (Wildman–Crippen LogP) is 3.58. The van der Waals surface area contributed by atoms with Crippen LogP contribution in [0.2, 0.25) is 0 Å². The molecule has 2 aromatic carbocycles. The summed E-state index contributed by atoms with van der Waals surface area (Å²) in [5.41, 5.74) is 2.25. The number of halogens is 1. The Kier molecular flexibility index (Phi) is 4.32. The Hall–Kier alpha value is -2.53. The van der Waals surface area contributed by atoms with Crippen molar-refractivity contribution < 1.29 is 18.6 Å². The molecule has 2 aliphatic rings. The van der Waals surface area contributed by atoms with E-state index in [0.29, 0.717) is 12.4 Å². The number of hydrogen-bond acceptors (Lipinski definition) is 4. The summed E-state index contributed by atoms with van der Waals surface area (Å²) in [7, 11) is 2.09. The topological polar surface area (TPSA) is 30.9 Å². The molecule has 0 saturated heterocycles. The van der Waals surface area contributed by atoms with E-state index in [9.17, 15) is 4.39 Å². The molecule has 2 aliphatic heterocycles. The first-order chi connectivity index (χ1) is 12.2. The number of ether oxygens (including phenoxy) is 3. The molecule has 0 radical (unpaired) electrons. The first-order valence-electron chi connectivity index (χ1n) is 8.36. The predicted molar refractivity (Wildman–Crippen MR) is 93.4 cm³/mol. The molecule has 1 atom stereocenters. The SMILES string of the molecule is CN1CC=C(c2ccc(F)cc2)C(COc2ccc3cc2OCO3)C1. The lowest BCUT2D eigenvalue weighted by Gasteiger charge is -2.31. The van der Waals surface area contributed by atoms with Crippen LogP contribution in [-0.2, 0) is 0 Å². The van der Waals surface area contributed by atoms with Crippen molar-refractivity contribution >= 4 is 5.57 Å². The van der Waals surface area contributed by atoms with Crippen LogP contribution in [0.4, 0.5) is 4.39 Å². The van der Waals surface area contributed by atoms with Gasteiger partial charge in [-0.05, 0) is 42.4 Å². The summed E-state index contributed by atoms with van der Waals surface area (Å²) in [6, 6.07) is 12.3. The maximum absolute atomic E-state index is 13.2. The van der Waals surface area contributed by atoms with Crippen molar-refractivity contribution in [1.29, 1.82) is 0 Å². The summed E-state index contributed by atoms with van der Waals surface area (Å²) in [5, 5.41) is 0. The minimum atomic E-state index is -0.219. The van der Waals surface area contributed by atoms with E-state index in [1.807, 2.05) is 30.3 Å². The summed E-state index contributed by atoms with van der Waals surface area (Å²) in [6.45, 7) is 2.51. The minimum Gasteiger partial charge on any atom is -0.489 e. The number of rotatable bonds is 4. The molecule has 0 amide bonds. The fourth-order valence-corrected chi connectivity index (χ4v) is 3.27. The molecule has 1 unspecified atom stereocenters. The highest BCUT2D eigenvalue weighted by Crippen LogP contribution is 2.35. The average molecular weight is 341 g/mol. The second kappa shape index (κ2) is 6.76. The Morgan fingerprint density at radius 3 is 2.84 bits per heavy atom. The third kappa shape index (κ3) is 3.46. The summed E-state index contributed by atoms with van der Waals surface area (Å²) in [6.07, 6.45) is 2.20. The molecule has 0 fully saturated rings. The van der Waals surface area contributed by atoms with E-state index >= 15 is 0 Å². The van der Waals surface area contributed by atoms with Gasteiger partial charge in [-0.1, -0.05) is 18.2 Å². The maximum Gasteiger partial charge on any atom is 0.231 e. The molecule has 130 valence electrons. The van der Waals surface area contributed by atoms with Crippen molar-refractivity contribution in [3.05, 3.63) is 59.9 Å². The summed E-state index contributed by atoms with van der Waals surface area (Å²) in [4.78, 5) is 2.25. The van der Waals surface area contributed by atoms with E-state index < -0.39 is 0 Å². The lowest BCUT2D eigenvalue weighted by molar-refractivity contribution is 0.0986. The molecule has 25 heavy (non-hydrogen) atoms. The molecule has 2 heterocycles. The molecular formula is C20H20FNO3. The standard InChI is InChI=1S/C20H20FNO3/c1-22-9-8-18(14-2-4-16(21)5-3-14)15(11-22)12-23-19-7-6-17-10-20(19)25-13-24-17/h2-8,10,15H,9,11-13H2,1H3. The Bertz CT molecular complexity index is 788. The van der Waals surface area contributed by atoms with E-state index in [2.05, 4.69) is 18.0 Å². The number of hydrogen-bond donors (Lipinski definition) is 0. The zero-order valence-electron chi connectivity index (χ0n) is 14.1. The Labute approximate surface area is 146 Å². The van der Waals surface area contributed by atoms with Crippen LogP contribution < -0.4 is 14.2 Å². The van der Waals surface area contributed by atoms with E-state index in [-0.39, 0.29) is 18.5 Å². The van der Waals surface area contributed by atoms with Gasteiger partial charge in [0.2, 0.25) is 6.79 Å². The number of nitrogens with zero attached hydrogens (tertiary/aromatic N) is 1. The van der Waals surface area contributed by atoms with Gasteiger partial charge in [0.15, 0.2) is 11.5 Å². The van der Waals surface area contributed by atoms with Crippen LogP contribution >= 0.6 is 0 Å². The van der Waals surface area contributed by atoms with Gasteiger partial charge in [-0.2, -0.15) is 0 Å². The molecule has 0 aromatic heterocycles. The highest BCUT2D eigenvalue weighted by atomic mass is 19.1. The molecule has 0 spiro atoms. The Balaban J connectivity index is 1.52. The quantitative estimate of drug-likeness (QED) is 0.851. The molecule has 2 aromatic rings. The van der Waals surface area contributed by atoms with Crippen molar-refractivity contribution in [2.45, 2.75) is 0 Å². The summed E-state index contributed by atoms with van der Waals surface area (Å²) < 4.78 is 30.1. The van der Waals surface area contributed by atoms with Gasteiger partial charge in [0.25, 0.3) is 0 Å². The van der Waals surface area contributed by atoms with Crippen LogP contribution in [0.15, 0.2) is 48.5 Å². The van der Waals surface area contributed by atoms with E-state index in [1.165, 1.54) is 17.7 Å². The van der Waals surface area contributed by atoms with E-state index in [1.54, 1.807) is 0 Å². The van der Waals surface area contributed by atoms with Crippen LogP contribution in [-0.4, -0.2) is 38.4 Å². The molecule has 0 aliphatic carbocycles. The first kappa shape index (κ1) is 16.0. The van der Waals surface area contributed by atoms with Crippen LogP contribution in [0.25, 0.3) is 5.57 Å². The van der Waals surface area contributed by atoms with Gasteiger partial charge in [-0.25, -0.2) is 4.39 Å². The third-order valence-electron chi connectivity index (χ3n) is 4.57. The zero-order chi connectivity index (χ0) is 17.2. The molecule has 4 nitrogen and oxygen atoms in total. The van der Waals surface area contributed by atoms with Crippen LogP contribution in [0.5, 0.6) is 17.2 Å². The lowest BCUT2D eigenvalue weighted by atomic mass is 9.90. The van der Waals surface area contributed by atoms with Crippen LogP contribution in [0, 0.1) is 11.7 Å². The van der Waals surface area contributed by atoms with Crippen molar-refractivity contribution in [1.82, 2.24) is 4.90 Å². The summed E-state index contributed by atoms with van der Waals surface area (Å²) in [5.74, 6) is 2.21. The van der Waals surface area contributed by atoms with Crippen molar-refractivity contribution in [3.8, 4) is 17.2 Å². The number of fused-ring (bicyclic) bond motifs is 2. The van der Waals surface area contributed by atoms with E-state index in [4.69, 9.17) is 14.2 Å². The van der Waals surface area contributed by atoms with Gasteiger partial charge >= 0.3 is 0 Å². The van der Waals surface area contributed by atoms with Gasteiger partial charge in [0, 0.05) is 25.1 Å². The number of benzene rings is 2. The minimum absolute atomic E-state index is 0.205. The van der Waals surface area contributed by atoms with Gasteiger partial charge in [-0.3, -0.25) is 0 Å². The molecule has 2 bridgehead atoms. The fraction of sp³-hybridized carbons (Fsp3) is 0.300. The largest absolute Gasteiger partial charge is 0.489 e. The average Bonchev–Trinajstić information content (AvgIpc) is 2.62. The van der Waals surface area contributed by atoms with Crippen molar-refractivity contribution in [3.63, 3.8) is 0 Å². The van der Waals surface area contributed by atoms with Gasteiger partial charge in [0.1, 0.15) is 11.6 Å². The Morgan fingerprint density at radius 1 is 1.16 bits per heavy atom. The van der Waals surface area contributed by atoms with Crippen molar-refractivity contribution in [2.75, 3.05) is 33.5 Å². The molecule has 0 saturated carbocycles. The molecular weight excluding hydrogens is 321 g/mol. The smallest absolute Gasteiger partial charge is 0.231 e. The van der Waals surface area contributed by atoms with E-state index in [0.717, 1.165) is 30.2 Å². The zero-order valence-corrected chi connectivity index (χ0v) is 14.1. The summed E-state index contributed by atoms with van der Waals surface area (Å²) >= 11 is 0. The highest BCUT2D eigenvalue weighted by molar-refractivity contribution is 5.68. The lowest BCUT2D eigenvalue weighted by Crippen LogP contribution is -2.34. The molecule has 5 heteroatoms. The monoisotopic (exact) mass is 341 g/mol. The Morgan fingerprint density at radius 2 is 2.00 bits per heavy atom. The van der Waals surface area contributed by atoms with Gasteiger partial charge < -0.3 is 19.1 Å². The number of likely N-dealkylation sites (N-methyl/N-ethyl adjacent to an activating group) is 1. The molecule has 4 rings (SSSR count). The van der Waals surface area contributed by atoms with Crippen LogP contribution in [0.1, 0.15) is 5.56 Å². The van der Waals surface area contributed by atoms with Crippen LogP contribution in [0.3, 0.4) is 0 Å². The van der Waals surface area contributed by atoms with Gasteiger partial charge in [0.05, 0.1) is 6.61 Å². The van der Waals surface area contributed by atoms with Gasteiger partial charge in [-0.15, -0.1) is 0 Å². The maximum atomic E-state index is 13.2. The fourth-order valence-electron chi connectivity index (χ4n) is 3.27. The first-order valence-corrected chi connectivity index (χ1v) is 8.36.